The zero-order valence-corrected chi connectivity index (χ0v) is 17.3. The summed E-state index contributed by atoms with van der Waals surface area (Å²) >= 11 is 0. The molecule has 4 rings (SSSR count). The molecule has 3 aliphatic rings. The third-order valence-corrected chi connectivity index (χ3v) is 5.87. The number of nitrogens with one attached hydrogen (secondary N) is 2. The number of hydrogen-bond donors (Lipinski definition) is 2. The van der Waals surface area contributed by atoms with Crippen molar-refractivity contribution < 1.29 is 9.53 Å². The Labute approximate surface area is 177 Å². The number of allylic oxidation sites excluding steroid dienone is 2. The lowest BCUT2D eigenvalue weighted by molar-refractivity contribution is 0.159. The normalized spacial score (nSPS) is 28.0. The quantitative estimate of drug-likeness (QED) is 0.757. The highest BCUT2D eigenvalue weighted by Crippen LogP contribution is 2.29. The zero-order chi connectivity index (χ0) is 20.8. The van der Waals surface area contributed by atoms with Gasteiger partial charge in [0.15, 0.2) is 0 Å². The number of rotatable bonds is 6. The van der Waals surface area contributed by atoms with Gasteiger partial charge in [-0.05, 0) is 17.7 Å². The van der Waals surface area contributed by atoms with Gasteiger partial charge >= 0.3 is 6.03 Å². The molecule has 3 atom stereocenters. The van der Waals surface area contributed by atoms with Gasteiger partial charge < -0.3 is 15.4 Å². The van der Waals surface area contributed by atoms with Crippen LogP contribution in [-0.4, -0.2) is 75.8 Å². The lowest BCUT2D eigenvalue weighted by Crippen LogP contribution is -2.46. The summed E-state index contributed by atoms with van der Waals surface area (Å²) in [5, 5.41) is 6.17. The molecule has 3 aliphatic heterocycles. The molecule has 7 heteroatoms. The van der Waals surface area contributed by atoms with E-state index in [0.29, 0.717) is 25.4 Å². The Morgan fingerprint density at radius 3 is 2.83 bits per heavy atom. The van der Waals surface area contributed by atoms with Crippen LogP contribution < -0.4 is 10.6 Å². The number of likely N-dealkylation sites (tertiary alicyclic amines) is 1. The number of methoxy groups -OCH3 is 1. The maximum Gasteiger partial charge on any atom is 0.319 e. The number of urea groups is 1. The van der Waals surface area contributed by atoms with Crippen molar-refractivity contribution in [1.29, 1.82) is 0 Å². The highest BCUT2D eigenvalue weighted by atomic mass is 16.5. The molecule has 1 unspecified atom stereocenters. The van der Waals surface area contributed by atoms with E-state index in [4.69, 9.17) is 4.74 Å². The van der Waals surface area contributed by atoms with Crippen LogP contribution in [0.15, 0.2) is 64.2 Å². The summed E-state index contributed by atoms with van der Waals surface area (Å²) in [4.78, 5) is 24.0. The van der Waals surface area contributed by atoms with Crippen LogP contribution in [0.4, 0.5) is 4.79 Å². The average Bonchev–Trinajstić information content (AvgIpc) is 3.16. The first-order valence-corrected chi connectivity index (χ1v) is 10.4. The molecular weight excluding hydrogens is 378 g/mol. The topological polar surface area (TPSA) is 78.3 Å². The van der Waals surface area contributed by atoms with Crippen LogP contribution >= 0.6 is 0 Å². The molecule has 1 aromatic rings. The predicted octanol–water partition coefficient (Wildman–Crippen LogP) is 2.00. The molecule has 158 valence electrons. The number of aliphatic imine (C=N–C) groups is 2. The number of carbonyl (C=O) groups is 1. The van der Waals surface area contributed by atoms with Crippen molar-refractivity contribution in [3.05, 3.63) is 59.8 Å². The molecule has 7 nitrogen and oxygen atoms in total. The molecule has 0 radical (unpaired) electrons. The highest BCUT2D eigenvalue weighted by Gasteiger charge is 2.35. The summed E-state index contributed by atoms with van der Waals surface area (Å²) in [5.74, 6) is 0.241. The zero-order valence-electron chi connectivity index (χ0n) is 17.3. The standard InChI is InChI=1S/C23H29N5O2/c1-30-11-10-28-14-20(18-6-3-2-4-7-18)21(15-28)27-22(29)26-19-12-23(17-25-13-19)8-5-9-24-16-23/h2-9,12-13,20-21H,10-11,14-17H2,1H3,(H2,26,27,29)/t20-,21+,23?/m0/s1. The van der Waals surface area contributed by atoms with E-state index in [1.807, 2.05) is 24.3 Å². The van der Waals surface area contributed by atoms with Crippen molar-refractivity contribution in [3.63, 3.8) is 0 Å². The molecule has 2 N–H and O–H groups in total. The second kappa shape index (κ2) is 9.36. The van der Waals surface area contributed by atoms with Crippen LogP contribution in [0.25, 0.3) is 0 Å². The number of amides is 2. The van der Waals surface area contributed by atoms with Crippen molar-refractivity contribution in [2.45, 2.75) is 12.0 Å². The van der Waals surface area contributed by atoms with Crippen LogP contribution in [0.5, 0.6) is 0 Å². The van der Waals surface area contributed by atoms with Gasteiger partial charge in [0.25, 0.3) is 0 Å². The SMILES string of the molecule is COCCN1C[C@@H](NC(=O)NC2=CC3(C=CC=NC3)CN=C2)[C@H](c2ccccc2)C1. The van der Waals surface area contributed by atoms with Crippen molar-refractivity contribution in [1.82, 2.24) is 15.5 Å². The summed E-state index contributed by atoms with van der Waals surface area (Å²) in [7, 11) is 1.72. The number of nitrogens with zero attached hydrogens (tertiary/aromatic N) is 3. The maximum atomic E-state index is 12.8. The lowest BCUT2D eigenvalue weighted by atomic mass is 9.84. The summed E-state index contributed by atoms with van der Waals surface area (Å²) in [6, 6.07) is 10.2. The van der Waals surface area contributed by atoms with Gasteiger partial charge in [-0.25, -0.2) is 4.79 Å². The van der Waals surface area contributed by atoms with Gasteiger partial charge in [0.05, 0.1) is 31.4 Å². The third kappa shape index (κ3) is 4.86. The van der Waals surface area contributed by atoms with E-state index in [1.54, 1.807) is 19.5 Å². The first kappa shape index (κ1) is 20.5. The van der Waals surface area contributed by atoms with E-state index >= 15 is 0 Å². The molecule has 0 saturated carbocycles. The number of hydrogen-bond acceptors (Lipinski definition) is 5. The predicted molar refractivity (Wildman–Crippen MR) is 119 cm³/mol. The van der Waals surface area contributed by atoms with Crippen LogP contribution in [0, 0.1) is 5.41 Å². The second-order valence-corrected chi connectivity index (χ2v) is 8.13. The Hall–Kier alpha value is -2.77. The van der Waals surface area contributed by atoms with Crippen LogP contribution in [0.1, 0.15) is 11.5 Å². The summed E-state index contributed by atoms with van der Waals surface area (Å²) in [6.07, 6.45) is 9.63. The summed E-state index contributed by atoms with van der Waals surface area (Å²) < 4.78 is 5.24. The fourth-order valence-corrected chi connectivity index (χ4v) is 4.35. The smallest absolute Gasteiger partial charge is 0.319 e. The van der Waals surface area contributed by atoms with E-state index in [-0.39, 0.29) is 23.4 Å². The van der Waals surface area contributed by atoms with Gasteiger partial charge in [-0.2, -0.15) is 0 Å². The van der Waals surface area contributed by atoms with Crippen LogP contribution in [0.3, 0.4) is 0 Å². The molecule has 0 aliphatic carbocycles. The molecule has 30 heavy (non-hydrogen) atoms. The maximum absolute atomic E-state index is 12.8. The number of dihydropyridines is 2. The lowest BCUT2D eigenvalue weighted by Gasteiger charge is -2.29. The molecule has 0 aromatic heterocycles. The van der Waals surface area contributed by atoms with E-state index in [1.165, 1.54) is 5.56 Å². The van der Waals surface area contributed by atoms with Gasteiger partial charge in [-0.15, -0.1) is 0 Å². The van der Waals surface area contributed by atoms with Gasteiger partial charge in [-0.1, -0.05) is 36.4 Å². The molecular formula is C23H29N5O2. The minimum atomic E-state index is -0.233. The highest BCUT2D eigenvalue weighted by molar-refractivity contribution is 5.88. The summed E-state index contributed by atoms with van der Waals surface area (Å²) in [5.41, 5.74) is 1.72. The molecule has 1 spiro atoms. The summed E-state index contributed by atoms with van der Waals surface area (Å²) in [6.45, 7) is 4.54. The number of carbonyl (C=O) groups excluding carboxylic acids is 1. The third-order valence-electron chi connectivity index (χ3n) is 5.87. The molecule has 1 saturated heterocycles. The minimum Gasteiger partial charge on any atom is -0.383 e. The molecule has 1 aromatic carbocycles. The molecule has 2 amide bonds. The monoisotopic (exact) mass is 407 g/mol. The van der Waals surface area contributed by atoms with Crippen molar-refractivity contribution >= 4 is 18.5 Å². The van der Waals surface area contributed by atoms with Gasteiger partial charge in [-0.3, -0.25) is 14.9 Å². The fourth-order valence-electron chi connectivity index (χ4n) is 4.35. The average molecular weight is 408 g/mol. The van der Waals surface area contributed by atoms with Gasteiger partial charge in [0.1, 0.15) is 0 Å². The van der Waals surface area contributed by atoms with Crippen molar-refractivity contribution in [2.24, 2.45) is 15.4 Å². The fraction of sp³-hybridized carbons (Fsp3) is 0.435. The van der Waals surface area contributed by atoms with E-state index in [0.717, 1.165) is 19.6 Å². The van der Waals surface area contributed by atoms with Crippen LogP contribution in [0.2, 0.25) is 0 Å². The molecule has 1 fully saturated rings. The Morgan fingerprint density at radius 2 is 2.07 bits per heavy atom. The van der Waals surface area contributed by atoms with E-state index in [9.17, 15) is 4.79 Å². The largest absolute Gasteiger partial charge is 0.383 e. The van der Waals surface area contributed by atoms with E-state index in [2.05, 4.69) is 49.8 Å². The first-order valence-electron chi connectivity index (χ1n) is 10.4. The number of ether oxygens (including phenoxy) is 1. The minimum absolute atomic E-state index is 0.0264. The second-order valence-electron chi connectivity index (χ2n) is 8.13. The van der Waals surface area contributed by atoms with Crippen molar-refractivity contribution in [2.75, 3.05) is 46.4 Å². The Kier molecular flexibility index (Phi) is 6.40. The van der Waals surface area contributed by atoms with Crippen molar-refractivity contribution in [3.8, 4) is 0 Å². The van der Waals surface area contributed by atoms with E-state index < -0.39 is 0 Å². The molecule has 0 bridgehead atoms. The Morgan fingerprint density at radius 1 is 1.23 bits per heavy atom. The Bertz CT molecular complexity index is 860. The van der Waals surface area contributed by atoms with Gasteiger partial charge in [0.2, 0.25) is 0 Å². The molecule has 3 heterocycles. The first-order chi connectivity index (χ1) is 14.7. The van der Waals surface area contributed by atoms with Crippen LogP contribution in [-0.2, 0) is 4.74 Å². The Balaban J connectivity index is 1.42. The van der Waals surface area contributed by atoms with Gasteiger partial charge in [0, 0.05) is 50.5 Å². The number of benzene rings is 1.